The molecule has 0 radical (unpaired) electrons. The van der Waals surface area contributed by atoms with Gasteiger partial charge in [-0.2, -0.15) is 4.31 Å². The topological polar surface area (TPSA) is 110 Å². The number of carbonyl (C=O) groups excluding carboxylic acids is 2. The monoisotopic (exact) mass is 415 g/mol. The van der Waals surface area contributed by atoms with E-state index in [0.717, 1.165) is 19.3 Å². The Morgan fingerprint density at radius 1 is 1.10 bits per heavy atom. The summed E-state index contributed by atoms with van der Waals surface area (Å²) in [4.78, 5) is 24.0. The van der Waals surface area contributed by atoms with E-state index >= 15 is 0 Å². The summed E-state index contributed by atoms with van der Waals surface area (Å²) in [6.07, 6.45) is 2.75. The lowest BCUT2D eigenvalue weighted by molar-refractivity contribution is 0.0997. The van der Waals surface area contributed by atoms with E-state index in [1.165, 1.54) is 28.6 Å². The Morgan fingerprint density at radius 2 is 1.79 bits per heavy atom. The molecule has 0 aromatic heterocycles. The molecule has 2 amide bonds. The quantitative estimate of drug-likeness (QED) is 0.782. The Bertz CT molecular complexity index is 1030. The fraction of sp³-hybridized carbons (Fsp3) is 0.333. The maximum absolute atomic E-state index is 12.9. The van der Waals surface area contributed by atoms with Gasteiger partial charge in [0.2, 0.25) is 15.9 Å². The molecule has 0 aliphatic carbocycles. The molecule has 1 aliphatic rings. The molecular weight excluding hydrogens is 390 g/mol. The Hall–Kier alpha value is -2.71. The van der Waals surface area contributed by atoms with Gasteiger partial charge < -0.3 is 11.1 Å². The molecule has 0 saturated carbocycles. The number of hydrogen-bond donors (Lipinski definition) is 2. The number of rotatable bonds is 5. The first-order valence-electron chi connectivity index (χ1n) is 9.54. The molecule has 1 saturated heterocycles. The van der Waals surface area contributed by atoms with Gasteiger partial charge in [-0.15, -0.1) is 0 Å². The van der Waals surface area contributed by atoms with Crippen molar-refractivity contribution in [1.82, 2.24) is 4.31 Å². The number of nitrogens with one attached hydrogen (secondary N) is 1. The van der Waals surface area contributed by atoms with Crippen molar-refractivity contribution < 1.29 is 18.0 Å². The molecule has 1 unspecified atom stereocenters. The molecule has 0 spiro atoms. The minimum Gasteiger partial charge on any atom is -0.366 e. The van der Waals surface area contributed by atoms with Crippen molar-refractivity contribution in [2.24, 2.45) is 5.73 Å². The molecule has 3 rings (SSSR count). The van der Waals surface area contributed by atoms with Gasteiger partial charge in [-0.1, -0.05) is 6.42 Å². The van der Waals surface area contributed by atoms with Crippen LogP contribution in [-0.4, -0.2) is 37.1 Å². The average Bonchev–Trinajstić information content (AvgIpc) is 2.68. The Labute approximate surface area is 171 Å². The van der Waals surface area contributed by atoms with Crippen LogP contribution in [0, 0.1) is 6.92 Å². The molecule has 1 fully saturated rings. The first kappa shape index (κ1) is 21.0. The largest absolute Gasteiger partial charge is 0.366 e. The van der Waals surface area contributed by atoms with Crippen LogP contribution in [0.15, 0.2) is 47.4 Å². The molecule has 3 N–H and O–H groups in total. The zero-order valence-electron chi connectivity index (χ0n) is 16.5. The van der Waals surface area contributed by atoms with Crippen molar-refractivity contribution in [3.8, 4) is 0 Å². The highest BCUT2D eigenvalue weighted by Gasteiger charge is 2.30. The number of benzene rings is 2. The summed E-state index contributed by atoms with van der Waals surface area (Å²) in [5.41, 5.74) is 7.21. The highest BCUT2D eigenvalue weighted by atomic mass is 32.2. The molecule has 2 aromatic rings. The van der Waals surface area contributed by atoms with Gasteiger partial charge in [0.1, 0.15) is 0 Å². The van der Waals surface area contributed by atoms with E-state index in [4.69, 9.17) is 5.73 Å². The smallest absolute Gasteiger partial charge is 0.255 e. The van der Waals surface area contributed by atoms with Crippen LogP contribution >= 0.6 is 0 Å². The Morgan fingerprint density at radius 3 is 2.38 bits per heavy atom. The molecule has 7 nitrogen and oxygen atoms in total. The zero-order chi connectivity index (χ0) is 21.2. The molecule has 1 atom stereocenters. The molecule has 8 heteroatoms. The maximum atomic E-state index is 12.9. The molecule has 29 heavy (non-hydrogen) atoms. The summed E-state index contributed by atoms with van der Waals surface area (Å²) in [6.45, 7) is 4.17. The first-order chi connectivity index (χ1) is 13.7. The van der Waals surface area contributed by atoms with Crippen LogP contribution in [-0.2, 0) is 10.0 Å². The lowest BCUT2D eigenvalue weighted by Crippen LogP contribution is -2.41. The van der Waals surface area contributed by atoms with Crippen LogP contribution < -0.4 is 11.1 Å². The van der Waals surface area contributed by atoms with Gasteiger partial charge in [0.25, 0.3) is 5.91 Å². The van der Waals surface area contributed by atoms with Crippen LogP contribution in [0.25, 0.3) is 0 Å². The third kappa shape index (κ3) is 4.49. The van der Waals surface area contributed by atoms with Crippen molar-refractivity contribution in [3.63, 3.8) is 0 Å². The van der Waals surface area contributed by atoms with E-state index in [1.807, 2.05) is 6.92 Å². The van der Waals surface area contributed by atoms with Gasteiger partial charge in [0, 0.05) is 29.4 Å². The standard InChI is InChI=1S/C21H25N3O4S/c1-14-13-17(8-11-19(14)20(22)25)23-21(26)16-6-9-18(10-7-16)29(27,28)24-12-4-3-5-15(24)2/h6-11,13,15H,3-5,12H2,1-2H3,(H2,22,25)(H,23,26). The number of nitrogens with zero attached hydrogens (tertiary/aromatic N) is 1. The maximum Gasteiger partial charge on any atom is 0.255 e. The number of amides is 2. The minimum atomic E-state index is -3.57. The first-order valence-corrected chi connectivity index (χ1v) is 11.0. The lowest BCUT2D eigenvalue weighted by Gasteiger charge is -2.32. The molecule has 1 heterocycles. The molecule has 0 bridgehead atoms. The van der Waals surface area contributed by atoms with Crippen molar-refractivity contribution in [1.29, 1.82) is 0 Å². The van der Waals surface area contributed by atoms with Crippen molar-refractivity contribution >= 4 is 27.5 Å². The number of hydrogen-bond acceptors (Lipinski definition) is 4. The number of aryl methyl sites for hydroxylation is 1. The number of carbonyl (C=O) groups is 2. The van der Waals surface area contributed by atoms with Gasteiger partial charge in [-0.05, 0) is 74.7 Å². The number of anilines is 1. The number of nitrogens with two attached hydrogens (primary N) is 1. The van der Waals surface area contributed by atoms with Crippen molar-refractivity contribution in [2.75, 3.05) is 11.9 Å². The normalized spacial score (nSPS) is 17.7. The fourth-order valence-corrected chi connectivity index (χ4v) is 5.26. The van der Waals surface area contributed by atoms with Crippen molar-refractivity contribution in [3.05, 3.63) is 59.2 Å². The summed E-state index contributed by atoms with van der Waals surface area (Å²) in [5, 5.41) is 2.74. The van der Waals surface area contributed by atoms with Gasteiger partial charge in [0.15, 0.2) is 0 Å². The summed E-state index contributed by atoms with van der Waals surface area (Å²) < 4.78 is 27.3. The summed E-state index contributed by atoms with van der Waals surface area (Å²) >= 11 is 0. The second kappa shape index (κ2) is 8.34. The highest BCUT2D eigenvalue weighted by molar-refractivity contribution is 7.89. The van der Waals surface area contributed by atoms with E-state index in [9.17, 15) is 18.0 Å². The third-order valence-electron chi connectivity index (χ3n) is 5.21. The van der Waals surface area contributed by atoms with Crippen LogP contribution in [0.3, 0.4) is 0 Å². The predicted molar refractivity (Wildman–Crippen MR) is 111 cm³/mol. The van der Waals surface area contributed by atoms with Crippen LogP contribution in [0.2, 0.25) is 0 Å². The highest BCUT2D eigenvalue weighted by Crippen LogP contribution is 2.25. The van der Waals surface area contributed by atoms with Gasteiger partial charge in [-0.3, -0.25) is 9.59 Å². The molecule has 154 valence electrons. The van der Waals surface area contributed by atoms with E-state index < -0.39 is 15.9 Å². The number of sulfonamides is 1. The van der Waals surface area contributed by atoms with Crippen LogP contribution in [0.5, 0.6) is 0 Å². The SMILES string of the molecule is Cc1cc(NC(=O)c2ccc(S(=O)(=O)N3CCCCC3C)cc2)ccc1C(N)=O. The second-order valence-electron chi connectivity index (χ2n) is 7.33. The van der Waals surface area contributed by atoms with Gasteiger partial charge in [0.05, 0.1) is 4.90 Å². The number of primary amides is 1. The zero-order valence-corrected chi connectivity index (χ0v) is 17.3. The van der Waals surface area contributed by atoms with Crippen molar-refractivity contribution in [2.45, 2.75) is 44.0 Å². The van der Waals surface area contributed by atoms with E-state index in [2.05, 4.69) is 5.32 Å². The van der Waals surface area contributed by atoms with Gasteiger partial charge >= 0.3 is 0 Å². The predicted octanol–water partition coefficient (Wildman–Crippen LogP) is 2.91. The lowest BCUT2D eigenvalue weighted by atomic mass is 10.1. The van der Waals surface area contributed by atoms with Crippen LogP contribution in [0.1, 0.15) is 52.5 Å². The Kier molecular flexibility index (Phi) is 6.04. The average molecular weight is 416 g/mol. The third-order valence-corrected chi connectivity index (χ3v) is 7.24. The van der Waals surface area contributed by atoms with Gasteiger partial charge in [-0.25, -0.2) is 8.42 Å². The molecular formula is C21H25N3O4S. The summed E-state index contributed by atoms with van der Waals surface area (Å²) in [6, 6.07) is 10.7. The number of piperidine rings is 1. The minimum absolute atomic E-state index is 0.0247. The summed E-state index contributed by atoms with van der Waals surface area (Å²) in [5.74, 6) is -0.897. The van der Waals surface area contributed by atoms with E-state index in [1.54, 1.807) is 25.1 Å². The van der Waals surface area contributed by atoms with Crippen LogP contribution in [0.4, 0.5) is 5.69 Å². The Balaban J connectivity index is 1.75. The van der Waals surface area contributed by atoms with E-state index in [-0.39, 0.29) is 16.8 Å². The van der Waals surface area contributed by atoms with E-state index in [0.29, 0.717) is 28.9 Å². The fourth-order valence-electron chi connectivity index (χ4n) is 3.56. The molecule has 2 aromatic carbocycles. The molecule has 1 aliphatic heterocycles. The summed E-state index contributed by atoms with van der Waals surface area (Å²) in [7, 11) is -3.57. The second-order valence-corrected chi connectivity index (χ2v) is 9.22.